The maximum Gasteiger partial charge on any atom is 0.216 e. The van der Waals surface area contributed by atoms with Gasteiger partial charge in [-0.1, -0.05) is 0 Å². The Labute approximate surface area is 118 Å². The van der Waals surface area contributed by atoms with E-state index in [-0.39, 0.29) is 11.4 Å². The first kappa shape index (κ1) is 12.5. The van der Waals surface area contributed by atoms with Crippen molar-refractivity contribution in [1.29, 1.82) is 5.26 Å². The first-order chi connectivity index (χ1) is 10.4. The minimum absolute atomic E-state index is 0.238. The Morgan fingerprint density at radius 1 is 1.24 bits per heavy atom. The molecule has 0 aliphatic heterocycles. The van der Waals surface area contributed by atoms with Crippen molar-refractivity contribution in [2.45, 2.75) is 0 Å². The molecule has 0 saturated heterocycles. The highest BCUT2D eigenvalue weighted by Crippen LogP contribution is 2.13. The van der Waals surface area contributed by atoms with Crippen LogP contribution in [0.1, 0.15) is 5.82 Å². The Morgan fingerprint density at radius 3 is 2.62 bits per heavy atom. The Balaban J connectivity index is 1.75. The van der Waals surface area contributed by atoms with Crippen molar-refractivity contribution in [3.8, 4) is 11.8 Å². The number of H-pyrrole nitrogens is 1. The molecule has 0 aliphatic rings. The number of benzene rings is 1. The summed E-state index contributed by atoms with van der Waals surface area (Å²) < 4.78 is 0. The molecule has 0 bridgehead atoms. The van der Waals surface area contributed by atoms with E-state index in [0.717, 1.165) is 11.4 Å². The summed E-state index contributed by atoms with van der Waals surface area (Å²) in [5, 5.41) is 33.3. The Kier molecular flexibility index (Phi) is 3.34. The summed E-state index contributed by atoms with van der Waals surface area (Å²) in [6, 6.07) is 9.41. The summed E-state index contributed by atoms with van der Waals surface area (Å²) in [4.78, 5) is 1.51. The van der Waals surface area contributed by atoms with Gasteiger partial charge in [-0.2, -0.15) is 25.5 Å². The Hall–Kier alpha value is -3.54. The molecular weight excluding hydrogens is 270 g/mol. The van der Waals surface area contributed by atoms with Crippen molar-refractivity contribution in [2.75, 3.05) is 5.32 Å². The molecule has 2 aromatic heterocycles. The minimum atomic E-state index is 0.238. The van der Waals surface area contributed by atoms with Crippen LogP contribution < -0.4 is 5.32 Å². The molecule has 9 nitrogen and oxygen atoms in total. The molecule has 0 aliphatic carbocycles. The Morgan fingerprint density at radius 2 is 2.00 bits per heavy atom. The molecule has 102 valence electrons. The lowest BCUT2D eigenvalue weighted by Gasteiger charge is -2.03. The second kappa shape index (κ2) is 5.62. The Bertz CT molecular complexity index is 763. The highest BCUT2D eigenvalue weighted by Gasteiger charge is 2.05. The number of anilines is 1. The monoisotopic (exact) mass is 279 g/mol. The zero-order valence-electron chi connectivity index (χ0n) is 10.7. The number of hydrogen-bond acceptors (Lipinski definition) is 7. The highest BCUT2D eigenvalue weighted by atomic mass is 15.5. The van der Waals surface area contributed by atoms with Gasteiger partial charge < -0.3 is 5.32 Å². The van der Waals surface area contributed by atoms with Crippen molar-refractivity contribution in [1.82, 2.24) is 35.6 Å². The van der Waals surface area contributed by atoms with Crippen LogP contribution in [0.15, 0.2) is 42.9 Å². The number of nitrogens with one attached hydrogen (secondary N) is 2. The first-order valence-corrected chi connectivity index (χ1v) is 5.94. The van der Waals surface area contributed by atoms with Crippen LogP contribution in [0.2, 0.25) is 0 Å². The topological polar surface area (TPSA) is 121 Å². The molecular formula is C12H9N9. The quantitative estimate of drug-likeness (QED) is 0.676. The first-order valence-electron chi connectivity index (χ1n) is 5.94. The van der Waals surface area contributed by atoms with Crippen molar-refractivity contribution >= 4 is 11.3 Å². The minimum Gasteiger partial charge on any atom is -0.360 e. The van der Waals surface area contributed by atoms with Crippen LogP contribution in [0.4, 0.5) is 5.69 Å². The fourth-order valence-corrected chi connectivity index (χ4v) is 1.62. The van der Waals surface area contributed by atoms with Crippen molar-refractivity contribution in [3.05, 3.63) is 48.7 Å². The van der Waals surface area contributed by atoms with Crippen LogP contribution in [0.5, 0.6) is 0 Å². The summed E-state index contributed by atoms with van der Waals surface area (Å²) in [5.74, 6) is 0.238. The summed E-state index contributed by atoms with van der Waals surface area (Å²) in [6.07, 6.45) is 4.74. The van der Waals surface area contributed by atoms with E-state index in [1.165, 1.54) is 11.0 Å². The van der Waals surface area contributed by atoms with Crippen LogP contribution >= 0.6 is 0 Å². The molecule has 2 N–H and O–H groups in total. The number of aromatic amines is 1. The number of aromatic nitrogens is 7. The molecule has 0 unspecified atom stereocenters. The third-order valence-electron chi connectivity index (χ3n) is 2.61. The maximum atomic E-state index is 9.05. The lowest BCUT2D eigenvalue weighted by atomic mass is 10.2. The number of nitrogens with zero attached hydrogens (tertiary/aromatic N) is 7. The van der Waals surface area contributed by atoms with Gasteiger partial charge in [0.1, 0.15) is 11.6 Å². The fourth-order valence-electron chi connectivity index (χ4n) is 1.62. The molecule has 0 radical (unpaired) electrons. The van der Waals surface area contributed by atoms with Gasteiger partial charge in [-0.25, -0.2) is 0 Å². The molecule has 0 fully saturated rings. The third kappa shape index (κ3) is 2.74. The van der Waals surface area contributed by atoms with Crippen LogP contribution in [0.3, 0.4) is 0 Å². The number of tetrazole rings is 1. The summed E-state index contributed by atoms with van der Waals surface area (Å²) in [6.45, 7) is 0. The van der Waals surface area contributed by atoms with Gasteiger partial charge in [0.05, 0.1) is 18.1 Å². The second-order valence-electron chi connectivity index (χ2n) is 3.91. The zero-order valence-corrected chi connectivity index (χ0v) is 10.7. The number of hydrogen-bond donors (Lipinski definition) is 2. The van der Waals surface area contributed by atoms with E-state index < -0.39 is 0 Å². The lowest BCUT2D eigenvalue weighted by molar-refractivity contribution is 0.752. The van der Waals surface area contributed by atoms with Gasteiger partial charge >= 0.3 is 0 Å². The van der Waals surface area contributed by atoms with E-state index in [1.54, 1.807) is 12.4 Å². The van der Waals surface area contributed by atoms with Gasteiger partial charge in [0.2, 0.25) is 5.82 Å². The van der Waals surface area contributed by atoms with E-state index >= 15 is 0 Å². The molecule has 0 saturated carbocycles. The molecule has 0 atom stereocenters. The zero-order chi connectivity index (χ0) is 14.5. The lowest BCUT2D eigenvalue weighted by Crippen LogP contribution is -1.98. The van der Waals surface area contributed by atoms with Crippen molar-refractivity contribution in [2.24, 2.45) is 0 Å². The van der Waals surface area contributed by atoms with E-state index in [1.807, 2.05) is 30.3 Å². The largest absolute Gasteiger partial charge is 0.360 e. The average molecular weight is 279 g/mol. The van der Waals surface area contributed by atoms with Crippen molar-refractivity contribution < 1.29 is 0 Å². The molecule has 3 aromatic rings. The second-order valence-corrected chi connectivity index (χ2v) is 3.91. The average Bonchev–Trinajstić information content (AvgIpc) is 3.22. The molecule has 9 heteroatoms. The van der Waals surface area contributed by atoms with Gasteiger partial charge in [-0.05, 0) is 29.5 Å². The molecule has 0 spiro atoms. The fraction of sp³-hybridized carbons (Fsp3) is 0. The molecule has 3 rings (SSSR count). The summed E-state index contributed by atoms with van der Waals surface area (Å²) in [5.41, 5.74) is 1.93. The third-order valence-corrected chi connectivity index (χ3v) is 2.61. The van der Waals surface area contributed by atoms with Crippen LogP contribution in [-0.4, -0.2) is 35.6 Å². The summed E-state index contributed by atoms with van der Waals surface area (Å²) >= 11 is 0. The van der Waals surface area contributed by atoms with Crippen LogP contribution in [0, 0.1) is 11.3 Å². The maximum absolute atomic E-state index is 9.05. The van der Waals surface area contributed by atoms with E-state index in [4.69, 9.17) is 5.26 Å². The van der Waals surface area contributed by atoms with Gasteiger partial charge in [0, 0.05) is 11.9 Å². The van der Waals surface area contributed by atoms with Crippen molar-refractivity contribution in [3.63, 3.8) is 0 Å². The predicted octanol–water partition coefficient (Wildman–Crippen LogP) is 0.757. The van der Waals surface area contributed by atoms with Crippen LogP contribution in [-0.2, 0) is 0 Å². The molecule has 21 heavy (non-hydrogen) atoms. The van der Waals surface area contributed by atoms with Gasteiger partial charge in [-0.15, -0.1) is 10.2 Å². The molecule has 1 aromatic carbocycles. The number of nitriles is 1. The summed E-state index contributed by atoms with van der Waals surface area (Å²) in [7, 11) is 0. The normalized spacial score (nSPS) is 11.1. The number of rotatable bonds is 4. The smallest absolute Gasteiger partial charge is 0.216 e. The molecule has 2 heterocycles. The predicted molar refractivity (Wildman–Crippen MR) is 72.7 cm³/mol. The van der Waals surface area contributed by atoms with E-state index in [0.29, 0.717) is 0 Å². The van der Waals surface area contributed by atoms with Crippen LogP contribution in [0.25, 0.3) is 11.3 Å². The van der Waals surface area contributed by atoms with Gasteiger partial charge in [0.25, 0.3) is 0 Å². The highest BCUT2D eigenvalue weighted by molar-refractivity contribution is 5.74. The van der Waals surface area contributed by atoms with E-state index in [2.05, 4.69) is 36.1 Å². The van der Waals surface area contributed by atoms with Gasteiger partial charge in [-0.3, -0.25) is 0 Å². The van der Waals surface area contributed by atoms with Gasteiger partial charge in [0.15, 0.2) is 0 Å². The SMILES string of the molecule is N#CC(=CNc1ccc(-n2nccn2)cc1)c1nn[nH]n1. The molecule has 0 amide bonds. The van der Waals surface area contributed by atoms with E-state index in [9.17, 15) is 0 Å². The number of allylic oxidation sites excluding steroid dienone is 1. The standard InChI is InChI=1S/C12H9N9/c13-7-9(12-17-19-20-18-12)8-14-10-1-3-11(4-2-10)21-15-5-6-16-21/h1-6,8,14H,(H,17,18,19,20).